The molecule has 8 heteroatoms. The van der Waals surface area contributed by atoms with Crippen LogP contribution in [0.5, 0.6) is 0 Å². The number of amidine groups is 1. The Labute approximate surface area is 155 Å². The lowest BCUT2D eigenvalue weighted by Gasteiger charge is -2.13. The van der Waals surface area contributed by atoms with Gasteiger partial charge in [-0.2, -0.15) is 5.26 Å². The Bertz CT molecular complexity index is 932. The van der Waals surface area contributed by atoms with E-state index in [2.05, 4.69) is 10.3 Å². The van der Waals surface area contributed by atoms with Crippen LogP contribution >= 0.6 is 0 Å². The fraction of sp³-hybridized carbons (Fsp3) is 0.158. The summed E-state index contributed by atoms with van der Waals surface area (Å²) in [5.41, 5.74) is 6.39. The van der Waals surface area contributed by atoms with Crippen molar-refractivity contribution >= 4 is 17.6 Å². The second kappa shape index (κ2) is 8.58. The summed E-state index contributed by atoms with van der Waals surface area (Å²) in [6.45, 7) is 3.36. The lowest BCUT2D eigenvalue weighted by atomic mass is 9.99. The highest BCUT2D eigenvalue weighted by molar-refractivity contribution is 6.02. The summed E-state index contributed by atoms with van der Waals surface area (Å²) < 4.78 is 19.1. The molecule has 0 saturated carbocycles. The van der Waals surface area contributed by atoms with Gasteiger partial charge >= 0.3 is 0 Å². The summed E-state index contributed by atoms with van der Waals surface area (Å²) in [5.74, 6) is -0.930. The molecule has 1 aromatic heterocycles. The number of carbonyl (C=O) groups is 1. The van der Waals surface area contributed by atoms with Gasteiger partial charge in [-0.3, -0.25) is 10.2 Å². The number of amides is 1. The molecule has 2 rings (SSSR count). The summed E-state index contributed by atoms with van der Waals surface area (Å²) in [4.78, 5) is 16.2. The Morgan fingerprint density at radius 3 is 2.78 bits per heavy atom. The van der Waals surface area contributed by atoms with Gasteiger partial charge in [0.25, 0.3) is 11.9 Å². The zero-order valence-electron chi connectivity index (χ0n) is 14.8. The van der Waals surface area contributed by atoms with Crippen LogP contribution in [0.25, 0.3) is 0 Å². The molecule has 27 heavy (non-hydrogen) atoms. The smallest absolute Gasteiger partial charge is 0.284 e. The minimum atomic E-state index is -0.476. The number of benzene rings is 1. The number of nitrogens with two attached hydrogens (primary N) is 1. The van der Waals surface area contributed by atoms with Crippen molar-refractivity contribution in [1.29, 1.82) is 10.7 Å². The van der Waals surface area contributed by atoms with Gasteiger partial charge in [0, 0.05) is 17.8 Å². The first kappa shape index (κ1) is 19.6. The third-order valence-electron chi connectivity index (χ3n) is 3.63. The standard InChI is InChI=1S/C19H18FN5O2/c1-11(7-12(2)27-19(22)23)15-8-14(4-5-16(15)20)25-18(26)17-6-3-13(9-21)10-24-17/h3-8,10-11H,1-2H3,(H3,22,23)(H,25,26)/b12-7-/t11-/m1/s1. The SMILES string of the molecule is C/C(=C/[C@@H](C)c1cc(NC(=O)c2ccc(C#N)cn2)ccc1F)OC(=N)N. The third kappa shape index (κ3) is 5.37. The molecule has 0 unspecified atom stereocenters. The molecule has 2 aromatic rings. The number of aromatic nitrogens is 1. The summed E-state index contributed by atoms with van der Waals surface area (Å²) >= 11 is 0. The number of carbonyl (C=O) groups excluding carboxylic acids is 1. The average Bonchev–Trinajstić information content (AvgIpc) is 2.62. The first-order valence-corrected chi connectivity index (χ1v) is 7.97. The maximum absolute atomic E-state index is 14.2. The number of rotatable bonds is 5. The average molecular weight is 367 g/mol. The van der Waals surface area contributed by atoms with Gasteiger partial charge in [0.15, 0.2) is 0 Å². The number of ether oxygens (including phenoxy) is 1. The normalized spacial score (nSPS) is 12.0. The minimum Gasteiger partial charge on any atom is -0.432 e. The molecule has 1 heterocycles. The molecular formula is C19H18FN5O2. The second-order valence-electron chi connectivity index (χ2n) is 5.77. The van der Waals surface area contributed by atoms with Crippen molar-refractivity contribution in [3.63, 3.8) is 0 Å². The Balaban J connectivity index is 2.19. The van der Waals surface area contributed by atoms with Crippen LogP contribution in [-0.2, 0) is 4.74 Å². The van der Waals surface area contributed by atoms with Gasteiger partial charge in [0.1, 0.15) is 23.3 Å². The number of allylic oxidation sites excluding steroid dienone is 2. The molecule has 0 aliphatic heterocycles. The fourth-order valence-electron chi connectivity index (χ4n) is 2.41. The highest BCUT2D eigenvalue weighted by Gasteiger charge is 2.13. The number of nitriles is 1. The van der Waals surface area contributed by atoms with Crippen molar-refractivity contribution in [2.75, 3.05) is 5.32 Å². The summed E-state index contributed by atoms with van der Waals surface area (Å²) in [7, 11) is 0. The summed E-state index contributed by atoms with van der Waals surface area (Å²) in [6.07, 6.45) is 2.92. The highest BCUT2D eigenvalue weighted by atomic mass is 19.1. The van der Waals surface area contributed by atoms with Crippen LogP contribution in [-0.4, -0.2) is 16.9 Å². The van der Waals surface area contributed by atoms with Crippen LogP contribution < -0.4 is 11.1 Å². The van der Waals surface area contributed by atoms with Crippen LogP contribution in [0.4, 0.5) is 10.1 Å². The minimum absolute atomic E-state index is 0.138. The molecule has 0 aliphatic carbocycles. The van der Waals surface area contributed by atoms with Gasteiger partial charge in [-0.15, -0.1) is 0 Å². The van der Waals surface area contributed by atoms with E-state index in [4.69, 9.17) is 21.1 Å². The van der Waals surface area contributed by atoms with E-state index < -0.39 is 17.7 Å². The van der Waals surface area contributed by atoms with E-state index in [0.29, 0.717) is 22.6 Å². The van der Waals surface area contributed by atoms with Crippen molar-refractivity contribution in [1.82, 2.24) is 4.98 Å². The molecule has 0 radical (unpaired) electrons. The molecule has 1 amide bonds. The Kier molecular flexibility index (Phi) is 6.23. The fourth-order valence-corrected chi connectivity index (χ4v) is 2.41. The molecular weight excluding hydrogens is 349 g/mol. The number of pyridine rings is 1. The van der Waals surface area contributed by atoms with Gasteiger partial charge in [0.2, 0.25) is 0 Å². The van der Waals surface area contributed by atoms with Crippen LogP contribution in [0.2, 0.25) is 0 Å². The summed E-state index contributed by atoms with van der Waals surface area (Å²) in [5, 5.41) is 18.5. The topological polar surface area (TPSA) is 125 Å². The molecule has 0 spiro atoms. The molecule has 0 bridgehead atoms. The zero-order chi connectivity index (χ0) is 20.0. The van der Waals surface area contributed by atoms with Crippen molar-refractivity contribution in [2.45, 2.75) is 19.8 Å². The molecule has 0 fully saturated rings. The van der Waals surface area contributed by atoms with Crippen molar-refractivity contribution in [2.24, 2.45) is 5.73 Å². The molecule has 4 N–H and O–H groups in total. The third-order valence-corrected chi connectivity index (χ3v) is 3.63. The van der Waals surface area contributed by atoms with Crippen molar-refractivity contribution in [3.05, 3.63) is 71.0 Å². The van der Waals surface area contributed by atoms with Gasteiger partial charge in [-0.05, 0) is 48.9 Å². The highest BCUT2D eigenvalue weighted by Crippen LogP contribution is 2.25. The van der Waals surface area contributed by atoms with E-state index in [1.54, 1.807) is 19.9 Å². The molecule has 138 valence electrons. The lowest BCUT2D eigenvalue weighted by molar-refractivity contribution is 0.102. The molecule has 0 aliphatic rings. The lowest BCUT2D eigenvalue weighted by Crippen LogP contribution is -2.14. The van der Waals surface area contributed by atoms with E-state index in [1.165, 1.54) is 36.5 Å². The van der Waals surface area contributed by atoms with E-state index >= 15 is 0 Å². The monoisotopic (exact) mass is 367 g/mol. The van der Waals surface area contributed by atoms with Crippen LogP contribution in [0.3, 0.4) is 0 Å². The van der Waals surface area contributed by atoms with Gasteiger partial charge in [-0.25, -0.2) is 9.37 Å². The molecule has 7 nitrogen and oxygen atoms in total. The first-order chi connectivity index (χ1) is 12.8. The predicted octanol–water partition coefficient (Wildman–Crippen LogP) is 3.26. The van der Waals surface area contributed by atoms with Crippen LogP contribution in [0.15, 0.2) is 48.4 Å². The van der Waals surface area contributed by atoms with Gasteiger partial charge in [-0.1, -0.05) is 6.92 Å². The number of anilines is 1. The van der Waals surface area contributed by atoms with Gasteiger partial charge in [0.05, 0.1) is 5.56 Å². The maximum atomic E-state index is 14.2. The molecule has 0 saturated heterocycles. The number of halogens is 1. The van der Waals surface area contributed by atoms with E-state index in [9.17, 15) is 9.18 Å². The Morgan fingerprint density at radius 2 is 2.19 bits per heavy atom. The number of hydrogen-bond acceptors (Lipinski definition) is 5. The van der Waals surface area contributed by atoms with Crippen molar-refractivity contribution < 1.29 is 13.9 Å². The second-order valence-corrected chi connectivity index (χ2v) is 5.77. The molecule has 1 aromatic carbocycles. The van der Waals surface area contributed by atoms with Crippen LogP contribution in [0, 0.1) is 22.6 Å². The predicted molar refractivity (Wildman–Crippen MR) is 98.5 cm³/mol. The first-order valence-electron chi connectivity index (χ1n) is 7.97. The summed E-state index contributed by atoms with van der Waals surface area (Å²) in [6, 6.07) is 8.60. The van der Waals surface area contributed by atoms with Crippen molar-refractivity contribution in [3.8, 4) is 6.07 Å². The Morgan fingerprint density at radius 1 is 1.44 bits per heavy atom. The Hall–Kier alpha value is -3.73. The van der Waals surface area contributed by atoms with Gasteiger partial charge < -0.3 is 15.8 Å². The largest absolute Gasteiger partial charge is 0.432 e. The zero-order valence-corrected chi connectivity index (χ0v) is 14.8. The number of nitrogens with zero attached hydrogens (tertiary/aromatic N) is 2. The molecule has 1 atom stereocenters. The van der Waals surface area contributed by atoms with Crippen LogP contribution in [0.1, 0.15) is 41.4 Å². The van der Waals surface area contributed by atoms with E-state index in [0.717, 1.165) is 0 Å². The number of nitrogens with one attached hydrogen (secondary N) is 2. The van der Waals surface area contributed by atoms with E-state index in [1.807, 2.05) is 6.07 Å². The maximum Gasteiger partial charge on any atom is 0.284 e. The number of hydrogen-bond donors (Lipinski definition) is 3. The quantitative estimate of drug-likeness (QED) is 0.425. The van der Waals surface area contributed by atoms with E-state index in [-0.39, 0.29) is 11.6 Å².